The highest BCUT2D eigenvalue weighted by Gasteiger charge is 2.54. The molecule has 0 spiro atoms. The smallest absolute Gasteiger partial charge is 0.306 e. The van der Waals surface area contributed by atoms with E-state index in [1.165, 1.54) is 5.57 Å². The van der Waals surface area contributed by atoms with Crippen LogP contribution in [0.2, 0.25) is 0 Å². The molecule has 1 rings (SSSR count). The molecule has 0 aromatic rings. The highest BCUT2D eigenvalue weighted by molar-refractivity contribution is 5.69. The molecule has 1 aliphatic carbocycles. The first-order valence-electron chi connectivity index (χ1n) is 8.31. The number of hydrogen-bond acceptors (Lipinski definition) is 3. The number of ether oxygens (including phenoxy) is 1. The minimum atomic E-state index is -0.352. The van der Waals surface area contributed by atoms with Crippen molar-refractivity contribution in [3.63, 3.8) is 0 Å². The number of aliphatic hydroxyl groups excluding tert-OH is 1. The third kappa shape index (κ3) is 4.07. The lowest BCUT2D eigenvalue weighted by molar-refractivity contribution is -0.142. The van der Waals surface area contributed by atoms with Crippen molar-refractivity contribution < 1.29 is 14.6 Å². The average molecular weight is 320 g/mol. The van der Waals surface area contributed by atoms with Gasteiger partial charge in [0.15, 0.2) is 0 Å². The Kier molecular flexibility index (Phi) is 5.89. The fourth-order valence-electron chi connectivity index (χ4n) is 3.91. The SMILES string of the molecule is C=CCOC(=O)CCC1=CC=C(O)C(C(C)(C)C)(C(C)(C)C)C1. The Morgan fingerprint density at radius 3 is 2.30 bits per heavy atom. The molecule has 0 saturated carbocycles. The van der Waals surface area contributed by atoms with E-state index in [9.17, 15) is 9.90 Å². The summed E-state index contributed by atoms with van der Waals surface area (Å²) in [5.41, 5.74) is 0.626. The number of hydrogen-bond donors (Lipinski definition) is 1. The highest BCUT2D eigenvalue weighted by Crippen LogP contribution is 2.60. The second-order valence-corrected chi connectivity index (χ2v) is 8.43. The van der Waals surface area contributed by atoms with Crippen LogP contribution in [0.1, 0.15) is 60.8 Å². The Bertz CT molecular complexity index is 496. The van der Waals surface area contributed by atoms with Crippen LogP contribution >= 0.6 is 0 Å². The van der Waals surface area contributed by atoms with E-state index in [1.807, 2.05) is 12.2 Å². The average Bonchev–Trinajstić information content (AvgIpc) is 2.41. The second-order valence-electron chi connectivity index (χ2n) is 8.43. The van der Waals surface area contributed by atoms with E-state index in [2.05, 4.69) is 48.1 Å². The normalized spacial score (nSPS) is 18.0. The summed E-state index contributed by atoms with van der Waals surface area (Å²) in [4.78, 5) is 11.7. The summed E-state index contributed by atoms with van der Waals surface area (Å²) in [6, 6.07) is 0. The molecule has 0 aromatic heterocycles. The third-order valence-corrected chi connectivity index (χ3v) is 4.98. The lowest BCUT2D eigenvalue weighted by atomic mass is 9.50. The highest BCUT2D eigenvalue weighted by atomic mass is 16.5. The van der Waals surface area contributed by atoms with E-state index in [4.69, 9.17) is 4.74 Å². The Hall–Kier alpha value is -1.51. The van der Waals surface area contributed by atoms with Gasteiger partial charge in [0.25, 0.3) is 0 Å². The summed E-state index contributed by atoms with van der Waals surface area (Å²) in [5.74, 6) is 0.233. The Balaban J connectivity index is 2.97. The number of carbonyl (C=O) groups is 1. The van der Waals surface area contributed by atoms with Crippen molar-refractivity contribution in [2.75, 3.05) is 6.61 Å². The molecule has 0 atom stereocenters. The van der Waals surface area contributed by atoms with Gasteiger partial charge in [0.1, 0.15) is 6.61 Å². The van der Waals surface area contributed by atoms with Crippen LogP contribution < -0.4 is 0 Å². The largest absolute Gasteiger partial charge is 0.512 e. The number of allylic oxidation sites excluding steroid dienone is 4. The first-order chi connectivity index (χ1) is 10.5. The Morgan fingerprint density at radius 2 is 1.83 bits per heavy atom. The van der Waals surface area contributed by atoms with Crippen LogP contribution in [0.3, 0.4) is 0 Å². The van der Waals surface area contributed by atoms with E-state index >= 15 is 0 Å². The molecule has 3 nitrogen and oxygen atoms in total. The van der Waals surface area contributed by atoms with Crippen molar-refractivity contribution in [2.24, 2.45) is 16.2 Å². The first kappa shape index (κ1) is 19.5. The lowest BCUT2D eigenvalue weighted by Crippen LogP contribution is -2.49. The minimum Gasteiger partial charge on any atom is -0.512 e. The van der Waals surface area contributed by atoms with Crippen LogP contribution in [0.25, 0.3) is 0 Å². The molecule has 0 heterocycles. The molecule has 3 heteroatoms. The monoisotopic (exact) mass is 320 g/mol. The molecule has 1 N–H and O–H groups in total. The predicted molar refractivity (Wildman–Crippen MR) is 95.1 cm³/mol. The first-order valence-corrected chi connectivity index (χ1v) is 8.31. The lowest BCUT2D eigenvalue weighted by Gasteiger charge is -2.54. The van der Waals surface area contributed by atoms with Crippen molar-refractivity contribution in [1.82, 2.24) is 0 Å². The fourth-order valence-corrected chi connectivity index (χ4v) is 3.91. The van der Waals surface area contributed by atoms with Crippen LogP contribution in [-0.4, -0.2) is 17.7 Å². The van der Waals surface area contributed by atoms with Gasteiger partial charge >= 0.3 is 5.97 Å². The van der Waals surface area contributed by atoms with Crippen molar-refractivity contribution in [3.8, 4) is 0 Å². The number of rotatable bonds is 5. The molecule has 130 valence electrons. The maximum Gasteiger partial charge on any atom is 0.306 e. The van der Waals surface area contributed by atoms with Gasteiger partial charge < -0.3 is 9.84 Å². The minimum absolute atomic E-state index is 0.102. The molecule has 0 aliphatic heterocycles. The van der Waals surface area contributed by atoms with E-state index < -0.39 is 0 Å². The molecule has 23 heavy (non-hydrogen) atoms. The van der Waals surface area contributed by atoms with E-state index in [0.29, 0.717) is 18.6 Å². The van der Waals surface area contributed by atoms with Crippen LogP contribution in [0, 0.1) is 16.2 Å². The Morgan fingerprint density at radius 1 is 1.26 bits per heavy atom. The summed E-state index contributed by atoms with van der Waals surface area (Å²) in [6.45, 7) is 16.8. The zero-order valence-electron chi connectivity index (χ0n) is 15.5. The van der Waals surface area contributed by atoms with Crippen molar-refractivity contribution in [2.45, 2.75) is 60.8 Å². The summed E-state index contributed by atoms with van der Waals surface area (Å²) in [7, 11) is 0. The predicted octanol–water partition coefficient (Wildman–Crippen LogP) is 5.35. The number of aliphatic hydroxyl groups is 1. The fraction of sp³-hybridized carbons (Fsp3) is 0.650. The standard InChI is InChI=1S/C20H32O3/c1-8-13-23-17(22)12-10-15-9-11-16(21)20(14-15,18(2,3)4)19(5,6)7/h8-9,11,21H,1,10,12-14H2,2-7H3. The van der Waals surface area contributed by atoms with Gasteiger partial charge in [-0.25, -0.2) is 0 Å². The second kappa shape index (κ2) is 6.94. The van der Waals surface area contributed by atoms with Gasteiger partial charge in [-0.2, -0.15) is 0 Å². The van der Waals surface area contributed by atoms with Gasteiger partial charge in [-0.1, -0.05) is 65.8 Å². The zero-order chi connectivity index (χ0) is 17.9. The van der Waals surface area contributed by atoms with Crippen molar-refractivity contribution in [3.05, 3.63) is 36.1 Å². The van der Waals surface area contributed by atoms with Gasteiger partial charge in [-0.05, 0) is 29.7 Å². The van der Waals surface area contributed by atoms with Crippen molar-refractivity contribution in [1.29, 1.82) is 0 Å². The quantitative estimate of drug-likeness (QED) is 0.549. The van der Waals surface area contributed by atoms with Crippen LogP contribution in [0.4, 0.5) is 0 Å². The molecule has 0 aromatic carbocycles. The van der Waals surface area contributed by atoms with Crippen LogP contribution in [0.15, 0.2) is 36.1 Å². The molecule has 1 aliphatic rings. The maximum atomic E-state index is 11.7. The molecule has 0 amide bonds. The summed E-state index contributed by atoms with van der Waals surface area (Å²) < 4.78 is 5.04. The molecule has 0 saturated heterocycles. The van der Waals surface area contributed by atoms with Crippen LogP contribution in [-0.2, 0) is 9.53 Å². The van der Waals surface area contributed by atoms with Gasteiger partial charge in [-0.15, -0.1) is 0 Å². The van der Waals surface area contributed by atoms with E-state index in [0.717, 1.165) is 6.42 Å². The van der Waals surface area contributed by atoms with Crippen molar-refractivity contribution >= 4 is 5.97 Å². The summed E-state index contributed by atoms with van der Waals surface area (Å²) in [6.07, 6.45) is 7.11. The van der Waals surface area contributed by atoms with Gasteiger partial charge in [0.2, 0.25) is 0 Å². The van der Waals surface area contributed by atoms with Gasteiger partial charge in [0.05, 0.1) is 5.76 Å². The molecule has 0 fully saturated rings. The maximum absolute atomic E-state index is 11.7. The number of carbonyl (C=O) groups excluding carboxylic acids is 1. The Labute approximate surface area is 141 Å². The summed E-state index contributed by atoms with van der Waals surface area (Å²) >= 11 is 0. The third-order valence-electron chi connectivity index (χ3n) is 4.98. The van der Waals surface area contributed by atoms with Gasteiger partial charge in [0, 0.05) is 11.8 Å². The molecular weight excluding hydrogens is 288 g/mol. The number of esters is 1. The van der Waals surface area contributed by atoms with Gasteiger partial charge in [-0.3, -0.25) is 4.79 Å². The van der Waals surface area contributed by atoms with E-state index in [1.54, 1.807) is 6.08 Å². The zero-order valence-corrected chi connectivity index (χ0v) is 15.5. The topological polar surface area (TPSA) is 46.5 Å². The molecule has 0 bridgehead atoms. The van der Waals surface area contributed by atoms with E-state index in [-0.39, 0.29) is 28.8 Å². The molecule has 0 unspecified atom stereocenters. The van der Waals surface area contributed by atoms with Crippen LogP contribution in [0.5, 0.6) is 0 Å². The molecule has 0 radical (unpaired) electrons. The summed E-state index contributed by atoms with van der Waals surface area (Å²) in [5, 5.41) is 10.7. The molecular formula is C20H32O3.